The number of alkyl halides is 2. The van der Waals surface area contributed by atoms with Gasteiger partial charge in [-0.25, -0.2) is 13.6 Å². The molecule has 0 aliphatic carbocycles. The maximum atomic E-state index is 13.0. The lowest BCUT2D eigenvalue weighted by Gasteiger charge is -2.15. The van der Waals surface area contributed by atoms with Crippen LogP contribution in [-0.4, -0.2) is 35.0 Å². The van der Waals surface area contributed by atoms with E-state index in [4.69, 9.17) is 5.11 Å². The van der Waals surface area contributed by atoms with Gasteiger partial charge in [-0.05, 0) is 17.7 Å². The first-order chi connectivity index (χ1) is 7.96. The Kier molecular flexibility index (Phi) is 3.11. The molecule has 0 aromatic heterocycles. The van der Waals surface area contributed by atoms with Gasteiger partial charge in [0.2, 0.25) is 0 Å². The molecule has 0 amide bonds. The molecule has 17 heavy (non-hydrogen) atoms. The van der Waals surface area contributed by atoms with Gasteiger partial charge < -0.3 is 5.11 Å². The summed E-state index contributed by atoms with van der Waals surface area (Å²) in [6, 6.07) is 6.40. The van der Waals surface area contributed by atoms with Crippen LogP contribution in [-0.2, 0) is 6.54 Å². The van der Waals surface area contributed by atoms with Crippen molar-refractivity contribution in [3.05, 3.63) is 35.4 Å². The smallest absolute Gasteiger partial charge is 0.335 e. The first-order valence-corrected chi connectivity index (χ1v) is 5.39. The van der Waals surface area contributed by atoms with Crippen molar-refractivity contribution in [3.8, 4) is 0 Å². The van der Waals surface area contributed by atoms with Gasteiger partial charge in [0, 0.05) is 19.5 Å². The Morgan fingerprint density at radius 2 is 2.24 bits per heavy atom. The number of carboxylic acids is 1. The summed E-state index contributed by atoms with van der Waals surface area (Å²) in [4.78, 5) is 12.4. The highest BCUT2D eigenvalue weighted by atomic mass is 19.3. The minimum Gasteiger partial charge on any atom is -0.478 e. The third-order valence-corrected chi connectivity index (χ3v) is 2.83. The standard InChI is InChI=1S/C12H13F2NO2/c13-12(14)4-5-15(8-12)7-9-2-1-3-10(6-9)11(16)17/h1-3,6H,4-5,7-8H2,(H,16,17). The normalized spacial score (nSPS) is 19.4. The Labute approximate surface area is 97.7 Å². The first-order valence-electron chi connectivity index (χ1n) is 5.39. The number of likely N-dealkylation sites (tertiary alicyclic amines) is 1. The van der Waals surface area contributed by atoms with E-state index in [1.807, 2.05) is 0 Å². The molecule has 1 aliphatic heterocycles. The summed E-state index contributed by atoms with van der Waals surface area (Å²) in [5.41, 5.74) is 0.941. The van der Waals surface area contributed by atoms with E-state index in [1.54, 1.807) is 17.0 Å². The van der Waals surface area contributed by atoms with Crippen molar-refractivity contribution in [1.29, 1.82) is 0 Å². The third-order valence-electron chi connectivity index (χ3n) is 2.83. The van der Waals surface area contributed by atoms with Gasteiger partial charge in [-0.2, -0.15) is 0 Å². The van der Waals surface area contributed by atoms with Crippen LogP contribution in [0, 0.1) is 0 Å². The van der Waals surface area contributed by atoms with Crippen molar-refractivity contribution >= 4 is 5.97 Å². The number of carboxylic acid groups (broad SMARTS) is 1. The highest BCUT2D eigenvalue weighted by Crippen LogP contribution is 2.27. The predicted molar refractivity (Wildman–Crippen MR) is 58.2 cm³/mol. The second-order valence-electron chi connectivity index (χ2n) is 4.32. The van der Waals surface area contributed by atoms with Crippen LogP contribution in [0.2, 0.25) is 0 Å². The Morgan fingerprint density at radius 3 is 2.82 bits per heavy atom. The molecular weight excluding hydrogens is 228 g/mol. The van der Waals surface area contributed by atoms with E-state index >= 15 is 0 Å². The van der Waals surface area contributed by atoms with Gasteiger partial charge in [0.25, 0.3) is 5.92 Å². The molecule has 92 valence electrons. The molecule has 1 aromatic carbocycles. The van der Waals surface area contributed by atoms with Gasteiger partial charge >= 0.3 is 5.97 Å². The SMILES string of the molecule is O=C(O)c1cccc(CN2CCC(F)(F)C2)c1. The lowest BCUT2D eigenvalue weighted by Crippen LogP contribution is -2.24. The maximum Gasteiger partial charge on any atom is 0.335 e. The van der Waals surface area contributed by atoms with E-state index in [1.165, 1.54) is 12.1 Å². The van der Waals surface area contributed by atoms with E-state index in [0.717, 1.165) is 5.56 Å². The van der Waals surface area contributed by atoms with E-state index in [9.17, 15) is 13.6 Å². The fourth-order valence-corrected chi connectivity index (χ4v) is 2.00. The molecule has 1 aromatic rings. The molecule has 1 aliphatic rings. The zero-order valence-corrected chi connectivity index (χ0v) is 9.20. The number of rotatable bonds is 3. The van der Waals surface area contributed by atoms with Crippen LogP contribution in [0.3, 0.4) is 0 Å². The highest BCUT2D eigenvalue weighted by molar-refractivity contribution is 5.87. The predicted octanol–water partition coefficient (Wildman–Crippen LogP) is 2.23. The summed E-state index contributed by atoms with van der Waals surface area (Å²) in [6.07, 6.45) is -0.119. The number of aromatic carboxylic acids is 1. The minimum atomic E-state index is -2.61. The second kappa shape index (κ2) is 4.41. The Bertz CT molecular complexity index is 434. The Balaban J connectivity index is 2.04. The number of hydrogen-bond acceptors (Lipinski definition) is 2. The number of benzene rings is 1. The molecule has 0 spiro atoms. The Hall–Kier alpha value is -1.49. The van der Waals surface area contributed by atoms with Crippen LogP contribution in [0.5, 0.6) is 0 Å². The van der Waals surface area contributed by atoms with Crippen molar-refractivity contribution in [1.82, 2.24) is 4.90 Å². The largest absolute Gasteiger partial charge is 0.478 e. The lowest BCUT2D eigenvalue weighted by molar-refractivity contribution is 0.0115. The number of hydrogen-bond donors (Lipinski definition) is 1. The van der Waals surface area contributed by atoms with Crippen LogP contribution < -0.4 is 0 Å². The van der Waals surface area contributed by atoms with Crippen LogP contribution in [0.15, 0.2) is 24.3 Å². The minimum absolute atomic E-state index is 0.119. The van der Waals surface area contributed by atoms with Gasteiger partial charge in [-0.1, -0.05) is 12.1 Å². The molecule has 5 heteroatoms. The number of halogens is 2. The highest BCUT2D eigenvalue weighted by Gasteiger charge is 2.37. The van der Waals surface area contributed by atoms with Gasteiger partial charge in [0.1, 0.15) is 0 Å². The van der Waals surface area contributed by atoms with Crippen molar-refractivity contribution in [2.24, 2.45) is 0 Å². The van der Waals surface area contributed by atoms with E-state index in [-0.39, 0.29) is 18.5 Å². The molecule has 1 N–H and O–H groups in total. The summed E-state index contributed by atoms with van der Waals surface area (Å²) in [6.45, 7) is 0.477. The van der Waals surface area contributed by atoms with E-state index in [2.05, 4.69) is 0 Å². The topological polar surface area (TPSA) is 40.5 Å². The third kappa shape index (κ3) is 3.00. The van der Waals surface area contributed by atoms with Crippen LogP contribution in [0.25, 0.3) is 0 Å². The molecule has 1 fully saturated rings. The molecule has 3 nitrogen and oxygen atoms in total. The van der Waals surface area contributed by atoms with Gasteiger partial charge in [-0.15, -0.1) is 0 Å². The fourth-order valence-electron chi connectivity index (χ4n) is 2.00. The number of carbonyl (C=O) groups is 1. The average Bonchev–Trinajstić information content (AvgIpc) is 2.58. The molecule has 0 saturated carbocycles. The van der Waals surface area contributed by atoms with Crippen LogP contribution in [0.1, 0.15) is 22.3 Å². The number of nitrogens with zero attached hydrogens (tertiary/aromatic N) is 1. The second-order valence-corrected chi connectivity index (χ2v) is 4.32. The molecular formula is C12H13F2NO2. The van der Waals surface area contributed by atoms with Crippen molar-refractivity contribution in [2.75, 3.05) is 13.1 Å². The first kappa shape index (κ1) is 12.0. The zero-order chi connectivity index (χ0) is 12.5. The van der Waals surface area contributed by atoms with Gasteiger partial charge in [0.15, 0.2) is 0 Å². The summed E-state index contributed by atoms with van der Waals surface area (Å²) in [5, 5.41) is 8.82. The zero-order valence-electron chi connectivity index (χ0n) is 9.20. The van der Waals surface area contributed by atoms with Gasteiger partial charge in [0.05, 0.1) is 12.1 Å². The van der Waals surface area contributed by atoms with Crippen LogP contribution >= 0.6 is 0 Å². The molecule has 0 unspecified atom stereocenters. The van der Waals surface area contributed by atoms with Crippen LogP contribution in [0.4, 0.5) is 8.78 Å². The molecule has 1 saturated heterocycles. The van der Waals surface area contributed by atoms with Crippen molar-refractivity contribution in [2.45, 2.75) is 18.9 Å². The maximum absolute atomic E-state index is 13.0. The van der Waals surface area contributed by atoms with E-state index in [0.29, 0.717) is 13.1 Å². The average molecular weight is 241 g/mol. The summed E-state index contributed by atoms with van der Waals surface area (Å²) in [5.74, 6) is -3.61. The molecule has 1 heterocycles. The van der Waals surface area contributed by atoms with Crippen molar-refractivity contribution in [3.63, 3.8) is 0 Å². The van der Waals surface area contributed by atoms with Crippen molar-refractivity contribution < 1.29 is 18.7 Å². The molecule has 0 atom stereocenters. The molecule has 2 rings (SSSR count). The summed E-state index contributed by atoms with van der Waals surface area (Å²) < 4.78 is 25.9. The molecule has 0 bridgehead atoms. The monoisotopic (exact) mass is 241 g/mol. The fraction of sp³-hybridized carbons (Fsp3) is 0.417. The van der Waals surface area contributed by atoms with Gasteiger partial charge in [-0.3, -0.25) is 4.90 Å². The lowest BCUT2D eigenvalue weighted by atomic mass is 10.1. The summed E-state index contributed by atoms with van der Waals surface area (Å²) >= 11 is 0. The van der Waals surface area contributed by atoms with E-state index < -0.39 is 11.9 Å². The molecule has 0 radical (unpaired) electrons. The quantitative estimate of drug-likeness (QED) is 0.882. The Morgan fingerprint density at radius 1 is 1.47 bits per heavy atom. The summed E-state index contributed by atoms with van der Waals surface area (Å²) in [7, 11) is 0.